The zero-order valence-corrected chi connectivity index (χ0v) is 25.6. The van der Waals surface area contributed by atoms with Crippen LogP contribution in [0.2, 0.25) is 0 Å². The maximum Gasteiger partial charge on any atom is 0.501 e. The van der Waals surface area contributed by atoms with Crippen LogP contribution in [0.3, 0.4) is 0 Å². The minimum Gasteiger partial charge on any atom is -0.490 e. The molecule has 2 aromatic carbocycles. The average molecular weight is 656 g/mol. The summed E-state index contributed by atoms with van der Waals surface area (Å²) in [5, 5.41) is 12.0. The highest BCUT2D eigenvalue weighted by Gasteiger charge is 2.46. The summed E-state index contributed by atoms with van der Waals surface area (Å²) in [5.41, 5.74) is -3.06. The second-order valence-electron chi connectivity index (χ2n) is 11.3. The zero-order valence-electron chi connectivity index (χ0n) is 24.7. The SMILES string of the molecule is N#Cc1ccc(CN2CCC(NC(=O)c3ccc(C(=O)N4CCC(Oc5ccc(S(=O)(=O)C(F)(F)F)cc5)CC4)cn3)CC2)cc1. The standard InChI is InChI=1S/C32H32F3N5O5S/c33-32(34,35)46(43,44)28-8-6-26(7-9-28)45-27-13-17-40(18-14-27)31(42)24-5-10-29(37-20-24)30(41)38-25-11-15-39(16-12-25)21-23-3-1-22(19-36)2-4-23/h1-10,20,25,27H,11-18,21H2,(H,38,41). The summed E-state index contributed by atoms with van der Waals surface area (Å²) < 4.78 is 67.2. The molecule has 0 bridgehead atoms. The summed E-state index contributed by atoms with van der Waals surface area (Å²) >= 11 is 0. The first-order valence-corrected chi connectivity index (χ1v) is 16.3. The molecule has 3 heterocycles. The molecule has 3 aromatic rings. The number of nitrogens with one attached hydrogen (secondary N) is 1. The van der Waals surface area contributed by atoms with Gasteiger partial charge in [0.2, 0.25) is 0 Å². The van der Waals surface area contributed by atoms with Crippen LogP contribution < -0.4 is 10.1 Å². The number of aromatic nitrogens is 1. The first-order chi connectivity index (χ1) is 21.9. The largest absolute Gasteiger partial charge is 0.501 e. The number of hydrogen-bond acceptors (Lipinski definition) is 8. The minimum absolute atomic E-state index is 0.0159. The molecule has 5 rings (SSSR count). The van der Waals surface area contributed by atoms with E-state index in [0.717, 1.165) is 50.2 Å². The predicted octanol–water partition coefficient (Wildman–Crippen LogP) is 4.32. The van der Waals surface area contributed by atoms with Crippen molar-refractivity contribution in [2.75, 3.05) is 26.2 Å². The molecule has 242 valence electrons. The van der Waals surface area contributed by atoms with Crippen molar-refractivity contribution < 1.29 is 35.9 Å². The number of carbonyl (C=O) groups excluding carboxylic acids is 2. The van der Waals surface area contributed by atoms with Gasteiger partial charge in [0.25, 0.3) is 21.7 Å². The molecule has 1 N–H and O–H groups in total. The zero-order chi connectivity index (χ0) is 32.9. The molecule has 2 saturated heterocycles. The molecule has 0 aliphatic carbocycles. The van der Waals surface area contributed by atoms with Gasteiger partial charge in [-0.1, -0.05) is 12.1 Å². The van der Waals surface area contributed by atoms with Gasteiger partial charge < -0.3 is 15.0 Å². The lowest BCUT2D eigenvalue weighted by molar-refractivity contribution is -0.0436. The first-order valence-electron chi connectivity index (χ1n) is 14.8. The van der Waals surface area contributed by atoms with Gasteiger partial charge in [-0.25, -0.2) is 8.42 Å². The number of sulfone groups is 1. The van der Waals surface area contributed by atoms with E-state index in [4.69, 9.17) is 10.00 Å². The smallest absolute Gasteiger partial charge is 0.490 e. The van der Waals surface area contributed by atoms with Crippen molar-refractivity contribution in [1.29, 1.82) is 5.26 Å². The Bertz CT molecular complexity index is 1680. The third kappa shape index (κ3) is 7.83. The van der Waals surface area contributed by atoms with Crippen LogP contribution in [0.25, 0.3) is 0 Å². The van der Waals surface area contributed by atoms with Crippen molar-refractivity contribution in [3.63, 3.8) is 0 Å². The molecule has 46 heavy (non-hydrogen) atoms. The number of carbonyl (C=O) groups is 2. The van der Waals surface area contributed by atoms with E-state index in [1.54, 1.807) is 11.0 Å². The number of nitriles is 1. The number of nitrogens with zero attached hydrogens (tertiary/aromatic N) is 4. The molecule has 14 heteroatoms. The predicted molar refractivity (Wildman–Crippen MR) is 160 cm³/mol. The van der Waals surface area contributed by atoms with E-state index in [1.807, 2.05) is 24.3 Å². The summed E-state index contributed by atoms with van der Waals surface area (Å²) in [6, 6.07) is 16.8. The first kappa shape index (κ1) is 32.9. The molecule has 0 unspecified atom stereocenters. The number of piperidine rings is 2. The van der Waals surface area contributed by atoms with Crippen LogP contribution in [0.4, 0.5) is 13.2 Å². The number of alkyl halides is 3. The number of likely N-dealkylation sites (tertiary alicyclic amines) is 2. The maximum absolute atomic E-state index is 13.0. The molecule has 1 aromatic heterocycles. The average Bonchev–Trinajstić information content (AvgIpc) is 3.06. The molecule has 0 spiro atoms. The third-order valence-electron chi connectivity index (χ3n) is 8.13. The van der Waals surface area contributed by atoms with Gasteiger partial charge in [0, 0.05) is 57.8 Å². The molecule has 2 amide bonds. The lowest BCUT2D eigenvalue weighted by Gasteiger charge is -2.32. The summed E-state index contributed by atoms with van der Waals surface area (Å²) in [7, 11) is -5.43. The van der Waals surface area contributed by atoms with Crippen LogP contribution in [0.15, 0.2) is 71.8 Å². The fourth-order valence-electron chi connectivity index (χ4n) is 5.48. The van der Waals surface area contributed by atoms with Crippen molar-refractivity contribution in [2.24, 2.45) is 0 Å². The van der Waals surface area contributed by atoms with Crippen LogP contribution >= 0.6 is 0 Å². The summed E-state index contributed by atoms with van der Waals surface area (Å²) in [6.07, 6.45) is 3.60. The van der Waals surface area contributed by atoms with Gasteiger partial charge in [0.15, 0.2) is 0 Å². The Morgan fingerprint density at radius 3 is 2.15 bits per heavy atom. The lowest BCUT2D eigenvalue weighted by Crippen LogP contribution is -2.44. The molecular formula is C32H32F3N5O5S. The van der Waals surface area contributed by atoms with Crippen molar-refractivity contribution in [2.45, 2.75) is 54.8 Å². The molecule has 2 aliphatic heterocycles. The van der Waals surface area contributed by atoms with E-state index in [-0.39, 0.29) is 35.4 Å². The minimum atomic E-state index is -5.43. The van der Waals surface area contributed by atoms with Crippen molar-refractivity contribution in [1.82, 2.24) is 20.1 Å². The third-order valence-corrected chi connectivity index (χ3v) is 9.63. The number of halogens is 3. The van der Waals surface area contributed by atoms with Gasteiger partial charge in [-0.2, -0.15) is 18.4 Å². The van der Waals surface area contributed by atoms with Gasteiger partial charge in [-0.05, 0) is 66.9 Å². The lowest BCUT2D eigenvalue weighted by atomic mass is 10.0. The molecule has 2 fully saturated rings. The summed E-state index contributed by atoms with van der Waals surface area (Å²) in [4.78, 5) is 33.2. The Morgan fingerprint density at radius 1 is 0.935 bits per heavy atom. The van der Waals surface area contributed by atoms with Crippen LogP contribution in [-0.2, 0) is 16.4 Å². The topological polar surface area (TPSA) is 133 Å². The second-order valence-corrected chi connectivity index (χ2v) is 13.2. The van der Waals surface area contributed by atoms with Crippen LogP contribution in [-0.4, -0.2) is 78.8 Å². The highest BCUT2D eigenvalue weighted by molar-refractivity contribution is 7.92. The molecular weight excluding hydrogens is 623 g/mol. The molecule has 0 atom stereocenters. The molecule has 10 nitrogen and oxygen atoms in total. The van der Waals surface area contributed by atoms with E-state index < -0.39 is 20.2 Å². The van der Waals surface area contributed by atoms with E-state index in [2.05, 4.69) is 21.3 Å². The highest BCUT2D eigenvalue weighted by atomic mass is 32.2. The Hall–Kier alpha value is -4.48. The van der Waals surface area contributed by atoms with E-state index in [0.29, 0.717) is 37.1 Å². The van der Waals surface area contributed by atoms with Crippen LogP contribution in [0, 0.1) is 11.3 Å². The fraction of sp³-hybridized carbons (Fsp3) is 0.375. The number of amides is 2. The van der Waals surface area contributed by atoms with Crippen molar-refractivity contribution in [3.05, 3.63) is 89.2 Å². The van der Waals surface area contributed by atoms with E-state index in [9.17, 15) is 31.2 Å². The Morgan fingerprint density at radius 2 is 1.59 bits per heavy atom. The number of hydrogen-bond donors (Lipinski definition) is 1. The van der Waals surface area contributed by atoms with Crippen LogP contribution in [0.5, 0.6) is 5.75 Å². The maximum atomic E-state index is 13.0. The summed E-state index contributed by atoms with van der Waals surface area (Å²) in [5.74, 6) is -0.307. The van der Waals surface area contributed by atoms with Gasteiger partial charge in [-0.15, -0.1) is 0 Å². The van der Waals surface area contributed by atoms with Gasteiger partial charge >= 0.3 is 5.51 Å². The fourth-order valence-corrected chi connectivity index (χ4v) is 6.24. The molecule has 0 saturated carbocycles. The van der Waals surface area contributed by atoms with Crippen molar-refractivity contribution in [3.8, 4) is 11.8 Å². The number of benzene rings is 2. The Kier molecular flexibility index (Phi) is 9.93. The summed E-state index contributed by atoms with van der Waals surface area (Å²) in [6.45, 7) is 3.18. The van der Waals surface area contributed by atoms with E-state index >= 15 is 0 Å². The van der Waals surface area contributed by atoms with E-state index in [1.165, 1.54) is 24.4 Å². The second kappa shape index (κ2) is 13.9. The number of pyridine rings is 1. The normalized spacial score (nSPS) is 16.9. The number of ether oxygens (including phenoxy) is 1. The monoisotopic (exact) mass is 655 g/mol. The quantitative estimate of drug-likeness (QED) is 0.380. The van der Waals surface area contributed by atoms with Crippen molar-refractivity contribution >= 4 is 21.7 Å². The van der Waals surface area contributed by atoms with Crippen LogP contribution in [0.1, 0.15) is 57.7 Å². The highest BCUT2D eigenvalue weighted by Crippen LogP contribution is 2.31. The van der Waals surface area contributed by atoms with Gasteiger partial charge in [-0.3, -0.25) is 19.5 Å². The molecule has 0 radical (unpaired) electrons. The number of rotatable bonds is 8. The van der Waals surface area contributed by atoms with Gasteiger partial charge in [0.05, 0.1) is 22.1 Å². The Labute approximate surface area is 264 Å². The Balaban J connectivity index is 1.05. The molecule has 2 aliphatic rings. The van der Waals surface area contributed by atoms with Gasteiger partial charge in [0.1, 0.15) is 17.5 Å².